The van der Waals surface area contributed by atoms with Crippen molar-refractivity contribution in [2.75, 3.05) is 5.75 Å². The van der Waals surface area contributed by atoms with E-state index in [1.165, 1.54) is 30.0 Å². The van der Waals surface area contributed by atoms with Crippen molar-refractivity contribution in [2.45, 2.75) is 18.9 Å². The Balaban J connectivity index is 2.06. The molecule has 0 fully saturated rings. The van der Waals surface area contributed by atoms with Gasteiger partial charge in [0, 0.05) is 11.3 Å². The molecule has 1 aromatic heterocycles. The van der Waals surface area contributed by atoms with E-state index in [4.69, 9.17) is 0 Å². The van der Waals surface area contributed by atoms with Gasteiger partial charge in [-0.05, 0) is 49.7 Å². The van der Waals surface area contributed by atoms with E-state index in [9.17, 15) is 15.0 Å². The molecular formula is C15H15NO3S. The van der Waals surface area contributed by atoms with Crippen molar-refractivity contribution in [3.63, 3.8) is 0 Å². The summed E-state index contributed by atoms with van der Waals surface area (Å²) in [5.41, 5.74) is 2.40. The summed E-state index contributed by atoms with van der Waals surface area (Å²) in [5, 5.41) is 19.4. The van der Waals surface area contributed by atoms with Gasteiger partial charge in [0.25, 0.3) is 0 Å². The van der Waals surface area contributed by atoms with Gasteiger partial charge in [-0.15, -0.1) is 0 Å². The first-order valence-electron chi connectivity index (χ1n) is 6.09. The third-order valence-corrected chi connectivity index (χ3v) is 3.63. The molecule has 20 heavy (non-hydrogen) atoms. The Labute approximate surface area is 121 Å². The molecule has 0 aliphatic carbocycles. The summed E-state index contributed by atoms with van der Waals surface area (Å²) in [6, 6.07) is 7.98. The number of Topliss-reactive ketones (excluding diaryl/α,β-unsaturated/α-hetero) is 1. The van der Waals surface area contributed by atoms with Crippen LogP contribution < -0.4 is 0 Å². The highest BCUT2D eigenvalue weighted by Gasteiger charge is 2.10. The number of phenols is 2. The summed E-state index contributed by atoms with van der Waals surface area (Å²) in [5.74, 6) is -0.401. The molecule has 0 bridgehead atoms. The largest absolute Gasteiger partial charge is 0.504 e. The molecule has 0 radical (unpaired) electrons. The Kier molecular flexibility index (Phi) is 4.29. The highest BCUT2D eigenvalue weighted by Crippen LogP contribution is 2.26. The number of rotatable bonds is 4. The number of aryl methyl sites for hydroxylation is 2. The summed E-state index contributed by atoms with van der Waals surface area (Å²) in [7, 11) is 0. The number of nitrogens with zero attached hydrogens (tertiary/aromatic N) is 1. The summed E-state index contributed by atoms with van der Waals surface area (Å²) in [4.78, 5) is 16.4. The van der Waals surface area contributed by atoms with Crippen LogP contribution in [-0.2, 0) is 0 Å². The van der Waals surface area contributed by atoms with Gasteiger partial charge >= 0.3 is 0 Å². The molecule has 0 unspecified atom stereocenters. The van der Waals surface area contributed by atoms with E-state index in [1.807, 2.05) is 26.0 Å². The minimum absolute atomic E-state index is 0.119. The summed E-state index contributed by atoms with van der Waals surface area (Å²) in [6.07, 6.45) is 0. The van der Waals surface area contributed by atoms with Crippen molar-refractivity contribution in [2.24, 2.45) is 0 Å². The average Bonchev–Trinajstić information content (AvgIpc) is 2.38. The molecule has 1 heterocycles. The van der Waals surface area contributed by atoms with E-state index in [0.717, 1.165) is 16.3 Å². The summed E-state index contributed by atoms with van der Waals surface area (Å²) >= 11 is 1.36. The highest BCUT2D eigenvalue weighted by molar-refractivity contribution is 7.99. The van der Waals surface area contributed by atoms with Gasteiger partial charge in [-0.3, -0.25) is 4.79 Å². The minimum Gasteiger partial charge on any atom is -0.504 e. The molecule has 0 aliphatic rings. The van der Waals surface area contributed by atoms with Crippen LogP contribution in [0.15, 0.2) is 35.4 Å². The van der Waals surface area contributed by atoms with E-state index in [1.54, 1.807) is 0 Å². The van der Waals surface area contributed by atoms with Gasteiger partial charge in [0.2, 0.25) is 0 Å². The molecule has 0 atom stereocenters. The zero-order valence-corrected chi connectivity index (χ0v) is 12.1. The second kappa shape index (κ2) is 5.96. The van der Waals surface area contributed by atoms with Gasteiger partial charge in [0.1, 0.15) is 0 Å². The average molecular weight is 289 g/mol. The number of hydrogen-bond acceptors (Lipinski definition) is 5. The van der Waals surface area contributed by atoms with Crippen molar-refractivity contribution in [3.05, 3.63) is 47.2 Å². The predicted molar refractivity (Wildman–Crippen MR) is 78.5 cm³/mol. The first-order valence-corrected chi connectivity index (χ1v) is 7.07. The van der Waals surface area contributed by atoms with Crippen LogP contribution in [0, 0.1) is 13.8 Å². The van der Waals surface area contributed by atoms with Crippen molar-refractivity contribution < 1.29 is 15.0 Å². The molecule has 1 aromatic carbocycles. The normalized spacial score (nSPS) is 10.5. The number of ketones is 1. The molecule has 104 valence electrons. The number of pyridine rings is 1. The molecule has 0 aliphatic heterocycles. The quantitative estimate of drug-likeness (QED) is 0.514. The molecule has 0 spiro atoms. The Hall–Kier alpha value is -2.01. The molecule has 4 nitrogen and oxygen atoms in total. The lowest BCUT2D eigenvalue weighted by Crippen LogP contribution is -2.02. The van der Waals surface area contributed by atoms with Crippen LogP contribution in [0.2, 0.25) is 0 Å². The van der Waals surface area contributed by atoms with Gasteiger partial charge < -0.3 is 10.2 Å². The van der Waals surface area contributed by atoms with Crippen molar-refractivity contribution in [3.8, 4) is 11.5 Å². The second-order valence-corrected chi connectivity index (χ2v) is 5.54. The lowest BCUT2D eigenvalue weighted by molar-refractivity contribution is 0.102. The standard InChI is InChI=1S/C15H15NO3S/c1-9-5-10(2)16-15(6-9)20-8-14(19)11-3-4-12(17)13(18)7-11/h3-7,17-18H,8H2,1-2H3. The van der Waals surface area contributed by atoms with Crippen LogP contribution in [-0.4, -0.2) is 26.7 Å². The molecular weight excluding hydrogens is 274 g/mol. The Morgan fingerprint density at radius 2 is 1.90 bits per heavy atom. The van der Waals surface area contributed by atoms with Crippen molar-refractivity contribution >= 4 is 17.5 Å². The number of aromatic hydroxyl groups is 2. The number of benzene rings is 1. The van der Waals surface area contributed by atoms with Crippen LogP contribution in [0.3, 0.4) is 0 Å². The molecule has 5 heteroatoms. The molecule has 2 aromatic rings. The third kappa shape index (κ3) is 3.51. The van der Waals surface area contributed by atoms with Crippen LogP contribution in [0.5, 0.6) is 11.5 Å². The number of carbonyl (C=O) groups excluding carboxylic acids is 1. The predicted octanol–water partition coefficient (Wildman–Crippen LogP) is 3.08. The fourth-order valence-corrected chi connectivity index (χ4v) is 2.72. The first-order chi connectivity index (χ1) is 9.45. The van der Waals surface area contributed by atoms with Crippen molar-refractivity contribution in [1.82, 2.24) is 4.98 Å². The number of thioether (sulfide) groups is 1. The fraction of sp³-hybridized carbons (Fsp3) is 0.200. The molecule has 0 saturated carbocycles. The van der Waals surface area contributed by atoms with Gasteiger partial charge in [-0.1, -0.05) is 11.8 Å². The number of hydrogen-bond donors (Lipinski definition) is 2. The van der Waals surface area contributed by atoms with Crippen LogP contribution in [0.4, 0.5) is 0 Å². The molecule has 0 saturated heterocycles. The van der Waals surface area contributed by atoms with E-state index in [2.05, 4.69) is 4.98 Å². The lowest BCUT2D eigenvalue weighted by Gasteiger charge is -2.05. The zero-order chi connectivity index (χ0) is 14.7. The Morgan fingerprint density at radius 3 is 2.55 bits per heavy atom. The maximum Gasteiger partial charge on any atom is 0.173 e. The van der Waals surface area contributed by atoms with Gasteiger partial charge in [0.15, 0.2) is 17.3 Å². The van der Waals surface area contributed by atoms with Crippen molar-refractivity contribution in [1.29, 1.82) is 0 Å². The van der Waals surface area contributed by atoms with Gasteiger partial charge in [-0.2, -0.15) is 0 Å². The summed E-state index contributed by atoms with van der Waals surface area (Å²) in [6.45, 7) is 3.90. The highest BCUT2D eigenvalue weighted by atomic mass is 32.2. The lowest BCUT2D eigenvalue weighted by atomic mass is 10.1. The maximum atomic E-state index is 12.0. The minimum atomic E-state index is -0.287. The molecule has 0 amide bonds. The fourth-order valence-electron chi connectivity index (χ4n) is 1.80. The number of phenolic OH excluding ortho intramolecular Hbond substituents is 2. The van der Waals surface area contributed by atoms with E-state index < -0.39 is 0 Å². The van der Waals surface area contributed by atoms with E-state index in [0.29, 0.717) is 5.56 Å². The number of carbonyl (C=O) groups is 1. The smallest absolute Gasteiger partial charge is 0.173 e. The zero-order valence-electron chi connectivity index (χ0n) is 11.3. The number of aromatic nitrogens is 1. The maximum absolute atomic E-state index is 12.0. The molecule has 2 N–H and O–H groups in total. The van der Waals surface area contributed by atoms with Crippen LogP contribution in [0.1, 0.15) is 21.6 Å². The first kappa shape index (κ1) is 14.4. The second-order valence-electron chi connectivity index (χ2n) is 4.54. The van der Waals surface area contributed by atoms with Gasteiger partial charge in [0.05, 0.1) is 10.8 Å². The van der Waals surface area contributed by atoms with Crippen LogP contribution in [0.25, 0.3) is 0 Å². The Morgan fingerprint density at radius 1 is 1.15 bits per heavy atom. The van der Waals surface area contributed by atoms with E-state index >= 15 is 0 Å². The Bertz CT molecular complexity index is 635. The van der Waals surface area contributed by atoms with Crippen LogP contribution >= 0.6 is 11.8 Å². The monoisotopic (exact) mass is 289 g/mol. The van der Waals surface area contributed by atoms with E-state index in [-0.39, 0.29) is 23.0 Å². The topological polar surface area (TPSA) is 70.4 Å². The SMILES string of the molecule is Cc1cc(C)nc(SCC(=O)c2ccc(O)c(O)c2)c1. The summed E-state index contributed by atoms with van der Waals surface area (Å²) < 4.78 is 0. The third-order valence-electron chi connectivity index (χ3n) is 2.72. The molecule has 2 rings (SSSR count). The van der Waals surface area contributed by atoms with Gasteiger partial charge in [-0.25, -0.2) is 4.98 Å².